The fourth-order valence-electron chi connectivity index (χ4n) is 0.754. The first-order valence-corrected chi connectivity index (χ1v) is 3.58. The van der Waals surface area contributed by atoms with Gasteiger partial charge < -0.3 is 5.01 Å². The van der Waals surface area contributed by atoms with Gasteiger partial charge in [0.2, 0.25) is 0 Å². The molecule has 1 aliphatic rings. The lowest BCUT2D eigenvalue weighted by Crippen LogP contribution is -2.32. The van der Waals surface area contributed by atoms with Crippen molar-refractivity contribution in [2.75, 3.05) is 20.6 Å². The molecule has 0 saturated carbocycles. The van der Waals surface area contributed by atoms with E-state index in [-0.39, 0.29) is 0 Å². The Morgan fingerprint density at radius 3 is 2.17 bits per heavy atom. The minimum Gasteiger partial charge on any atom is -0.310 e. The van der Waals surface area contributed by atoms with E-state index in [0.29, 0.717) is 0 Å². The van der Waals surface area contributed by atoms with Crippen LogP contribution in [0.5, 0.6) is 0 Å². The van der Waals surface area contributed by atoms with Crippen LogP contribution >= 0.6 is 0 Å². The van der Waals surface area contributed by atoms with E-state index in [0.717, 1.165) is 6.54 Å². The zero-order valence-electron chi connectivity index (χ0n) is 7.41. The number of hydrogen-bond donors (Lipinski definition) is 2. The summed E-state index contributed by atoms with van der Waals surface area (Å²) in [5.41, 5.74) is 0. The number of hydrogen-bond acceptors (Lipinski definition) is 4. The summed E-state index contributed by atoms with van der Waals surface area (Å²) in [6, 6.07) is 1.25. The fraction of sp³-hybridized carbons (Fsp3) is 0.375. The second kappa shape index (κ2) is 6.34. The summed E-state index contributed by atoms with van der Waals surface area (Å²) in [6.45, 7) is 0.990. The van der Waals surface area contributed by atoms with Crippen LogP contribution in [0.3, 0.4) is 0 Å². The Morgan fingerprint density at radius 2 is 1.92 bits per heavy atom. The molecule has 0 spiro atoms. The SMILES string of the molecule is CN(C)N1C=CC=CC1.N=C=N. The van der Waals surface area contributed by atoms with Gasteiger partial charge in [-0.05, 0) is 6.08 Å². The molecular formula is C8H14N4. The van der Waals surface area contributed by atoms with Gasteiger partial charge in [-0.3, -0.25) is 0 Å². The van der Waals surface area contributed by atoms with Gasteiger partial charge in [0, 0.05) is 20.3 Å². The summed E-state index contributed by atoms with van der Waals surface area (Å²) < 4.78 is 0. The number of nitrogens with zero attached hydrogens (tertiary/aromatic N) is 2. The number of nitrogens with one attached hydrogen (secondary N) is 2. The minimum absolute atomic E-state index is 0.990. The molecule has 1 aliphatic heterocycles. The Hall–Kier alpha value is -1.38. The van der Waals surface area contributed by atoms with E-state index in [1.165, 1.54) is 6.01 Å². The summed E-state index contributed by atoms with van der Waals surface area (Å²) in [4.78, 5) is 0. The van der Waals surface area contributed by atoms with Crippen LogP contribution in [0.25, 0.3) is 0 Å². The van der Waals surface area contributed by atoms with E-state index in [2.05, 4.69) is 28.4 Å². The molecule has 0 saturated heterocycles. The maximum absolute atomic E-state index is 5.62. The Bertz CT molecular complexity index is 199. The van der Waals surface area contributed by atoms with Crippen molar-refractivity contribution in [3.8, 4) is 0 Å². The van der Waals surface area contributed by atoms with Crippen molar-refractivity contribution in [1.82, 2.24) is 10.0 Å². The summed E-state index contributed by atoms with van der Waals surface area (Å²) in [7, 11) is 4.06. The van der Waals surface area contributed by atoms with Crippen molar-refractivity contribution in [3.63, 3.8) is 0 Å². The lowest BCUT2D eigenvalue weighted by Gasteiger charge is -2.27. The molecule has 1 heterocycles. The van der Waals surface area contributed by atoms with Crippen LogP contribution in [0, 0.1) is 10.8 Å². The third-order valence-electron chi connectivity index (χ3n) is 1.31. The predicted molar refractivity (Wildman–Crippen MR) is 49.1 cm³/mol. The van der Waals surface area contributed by atoms with Crippen LogP contribution in [0.1, 0.15) is 0 Å². The standard InChI is InChI=1S/C7H12N2.CH2N2/c1-8(2)9-6-4-3-5-7-9;2-1-3/h3-6H,7H2,1-2H3;2-3H. The first-order valence-electron chi connectivity index (χ1n) is 3.58. The number of allylic oxidation sites excluding steroid dienone is 2. The molecule has 4 heteroatoms. The lowest BCUT2D eigenvalue weighted by molar-refractivity contribution is 0.0958. The van der Waals surface area contributed by atoms with Crippen LogP contribution in [0.2, 0.25) is 0 Å². The third kappa shape index (κ3) is 4.44. The zero-order chi connectivity index (χ0) is 9.40. The maximum atomic E-state index is 5.62. The molecule has 2 N–H and O–H groups in total. The Morgan fingerprint density at radius 1 is 1.33 bits per heavy atom. The third-order valence-corrected chi connectivity index (χ3v) is 1.31. The number of rotatable bonds is 1. The normalized spacial score (nSPS) is 13.8. The van der Waals surface area contributed by atoms with Crippen LogP contribution in [-0.2, 0) is 0 Å². The van der Waals surface area contributed by atoms with Gasteiger partial charge in [-0.1, -0.05) is 12.2 Å². The quantitative estimate of drug-likeness (QED) is 0.574. The smallest absolute Gasteiger partial charge is 0.0831 e. The van der Waals surface area contributed by atoms with Crippen LogP contribution in [-0.4, -0.2) is 36.7 Å². The lowest BCUT2D eigenvalue weighted by atomic mass is 10.4. The van der Waals surface area contributed by atoms with Gasteiger partial charge in [-0.15, -0.1) is 0 Å². The summed E-state index contributed by atoms with van der Waals surface area (Å²) in [6.07, 6.45) is 8.27. The van der Waals surface area contributed by atoms with Crippen LogP contribution in [0.15, 0.2) is 24.4 Å². The van der Waals surface area contributed by atoms with Gasteiger partial charge in [0.1, 0.15) is 0 Å². The van der Waals surface area contributed by atoms with Gasteiger partial charge in [0.05, 0.1) is 12.6 Å². The molecular weight excluding hydrogens is 152 g/mol. The van der Waals surface area contributed by atoms with Crippen molar-refractivity contribution in [2.45, 2.75) is 0 Å². The van der Waals surface area contributed by atoms with Gasteiger partial charge in [-0.25, -0.2) is 15.8 Å². The molecule has 0 fully saturated rings. The van der Waals surface area contributed by atoms with Crippen molar-refractivity contribution in [3.05, 3.63) is 24.4 Å². The molecule has 0 aromatic rings. The van der Waals surface area contributed by atoms with Crippen molar-refractivity contribution in [2.24, 2.45) is 0 Å². The molecule has 0 atom stereocenters. The summed E-state index contributed by atoms with van der Waals surface area (Å²) in [5, 5.41) is 15.4. The van der Waals surface area contributed by atoms with E-state index in [4.69, 9.17) is 10.8 Å². The average molecular weight is 166 g/mol. The molecule has 4 nitrogen and oxygen atoms in total. The first kappa shape index (κ1) is 10.6. The highest BCUT2D eigenvalue weighted by molar-refractivity contribution is 5.29. The highest BCUT2D eigenvalue weighted by Crippen LogP contribution is 1.98. The summed E-state index contributed by atoms with van der Waals surface area (Å²) >= 11 is 0. The molecule has 0 bridgehead atoms. The van der Waals surface area contributed by atoms with Gasteiger partial charge in [0.15, 0.2) is 0 Å². The molecule has 66 valence electrons. The Kier molecular flexibility index (Phi) is 5.61. The van der Waals surface area contributed by atoms with E-state index in [9.17, 15) is 0 Å². The van der Waals surface area contributed by atoms with Crippen molar-refractivity contribution < 1.29 is 0 Å². The second-order valence-electron chi connectivity index (χ2n) is 2.36. The van der Waals surface area contributed by atoms with Crippen molar-refractivity contribution in [1.29, 1.82) is 10.8 Å². The first-order chi connectivity index (χ1) is 5.72. The van der Waals surface area contributed by atoms with Gasteiger partial charge in [-0.2, -0.15) is 0 Å². The zero-order valence-corrected chi connectivity index (χ0v) is 7.41. The monoisotopic (exact) mass is 166 g/mol. The minimum atomic E-state index is 0.990. The highest BCUT2D eigenvalue weighted by atomic mass is 15.6. The van der Waals surface area contributed by atoms with E-state index >= 15 is 0 Å². The Balaban J connectivity index is 0.000000354. The van der Waals surface area contributed by atoms with Crippen molar-refractivity contribution >= 4 is 6.01 Å². The predicted octanol–water partition coefficient (Wildman–Crippen LogP) is 1.17. The average Bonchev–Trinajstić information content (AvgIpc) is 2.07. The summed E-state index contributed by atoms with van der Waals surface area (Å²) in [5.74, 6) is 0. The largest absolute Gasteiger partial charge is 0.310 e. The topological polar surface area (TPSA) is 54.2 Å². The van der Waals surface area contributed by atoms with Gasteiger partial charge in [0.25, 0.3) is 0 Å². The van der Waals surface area contributed by atoms with E-state index in [1.807, 2.05) is 20.2 Å². The highest BCUT2D eigenvalue weighted by Gasteiger charge is 1.98. The number of hydrazine groups is 1. The second-order valence-corrected chi connectivity index (χ2v) is 2.36. The van der Waals surface area contributed by atoms with E-state index in [1.54, 1.807) is 0 Å². The molecule has 0 aromatic heterocycles. The molecule has 0 amide bonds. The molecule has 0 aliphatic carbocycles. The van der Waals surface area contributed by atoms with Crippen LogP contribution in [0.4, 0.5) is 0 Å². The van der Waals surface area contributed by atoms with E-state index < -0.39 is 0 Å². The molecule has 0 radical (unpaired) electrons. The molecule has 1 rings (SSSR count). The van der Waals surface area contributed by atoms with Crippen LogP contribution < -0.4 is 0 Å². The Labute approximate surface area is 72.8 Å². The van der Waals surface area contributed by atoms with Gasteiger partial charge >= 0.3 is 0 Å². The molecule has 12 heavy (non-hydrogen) atoms. The fourth-order valence-corrected chi connectivity index (χ4v) is 0.754. The molecule has 0 unspecified atom stereocenters. The maximum Gasteiger partial charge on any atom is 0.0831 e. The molecule has 0 aromatic carbocycles.